The van der Waals surface area contributed by atoms with E-state index in [1.165, 1.54) is 6.07 Å². The van der Waals surface area contributed by atoms with Gasteiger partial charge >= 0.3 is 0 Å². The van der Waals surface area contributed by atoms with Crippen LogP contribution >= 0.6 is 0 Å². The van der Waals surface area contributed by atoms with Crippen LogP contribution in [-0.4, -0.2) is 68.1 Å². The molecule has 1 aromatic heterocycles. The largest absolute Gasteiger partial charge is 0.356 e. The second kappa shape index (κ2) is 9.97. The van der Waals surface area contributed by atoms with Crippen molar-refractivity contribution in [2.45, 2.75) is 24.7 Å². The van der Waals surface area contributed by atoms with Crippen molar-refractivity contribution in [1.82, 2.24) is 20.5 Å². The zero-order chi connectivity index (χ0) is 22.4. The van der Waals surface area contributed by atoms with Crippen molar-refractivity contribution in [3.05, 3.63) is 60.0 Å². The highest BCUT2D eigenvalue weighted by Crippen LogP contribution is 2.48. The minimum Gasteiger partial charge on any atom is -0.356 e. The Balaban J connectivity index is 1.19. The lowest BCUT2D eigenvalue weighted by atomic mass is 9.95. The summed E-state index contributed by atoms with van der Waals surface area (Å²) in [7, 11) is 1.71. The number of carbonyl (C=O) groups is 1. The SMILES string of the molecule is CN=C(NCCC(=O)N1CCN(c2ccccn2)CC1)NCC1(c2ccccc2F)CC1. The number of anilines is 1. The number of nitrogens with zero attached hydrogens (tertiary/aromatic N) is 4. The smallest absolute Gasteiger partial charge is 0.224 e. The van der Waals surface area contributed by atoms with E-state index in [-0.39, 0.29) is 17.1 Å². The van der Waals surface area contributed by atoms with Crippen molar-refractivity contribution in [3.63, 3.8) is 0 Å². The quantitative estimate of drug-likeness (QED) is 0.512. The first-order chi connectivity index (χ1) is 15.6. The van der Waals surface area contributed by atoms with Gasteiger partial charge in [0.25, 0.3) is 0 Å². The third kappa shape index (κ3) is 5.18. The van der Waals surface area contributed by atoms with Crippen molar-refractivity contribution in [1.29, 1.82) is 0 Å². The summed E-state index contributed by atoms with van der Waals surface area (Å²) in [6.07, 6.45) is 4.12. The highest BCUT2D eigenvalue weighted by molar-refractivity contribution is 5.81. The van der Waals surface area contributed by atoms with Crippen molar-refractivity contribution in [2.24, 2.45) is 4.99 Å². The molecule has 32 heavy (non-hydrogen) atoms. The Bertz CT molecular complexity index is 939. The lowest BCUT2D eigenvalue weighted by Gasteiger charge is -2.35. The van der Waals surface area contributed by atoms with Crippen LogP contribution in [0.3, 0.4) is 0 Å². The molecule has 2 aliphatic rings. The van der Waals surface area contributed by atoms with Crippen LogP contribution in [0.15, 0.2) is 53.7 Å². The average molecular weight is 439 g/mol. The molecule has 0 spiro atoms. The Morgan fingerprint density at radius 1 is 1.09 bits per heavy atom. The molecule has 1 saturated heterocycles. The standard InChI is InChI=1S/C24H31FN6O/c1-26-23(29-18-24(10-11-24)19-6-2-3-7-20(19)25)28-13-9-22(32)31-16-14-30(15-17-31)21-8-4-5-12-27-21/h2-8,12H,9-11,13-18H2,1H3,(H2,26,28,29). The second-order valence-electron chi connectivity index (χ2n) is 8.42. The Labute approximate surface area is 188 Å². The monoisotopic (exact) mass is 438 g/mol. The van der Waals surface area contributed by atoms with Gasteiger partial charge in [0.1, 0.15) is 11.6 Å². The third-order valence-corrected chi connectivity index (χ3v) is 6.35. The molecule has 1 amide bonds. The average Bonchev–Trinajstić information content (AvgIpc) is 3.63. The Kier molecular flexibility index (Phi) is 6.87. The van der Waals surface area contributed by atoms with Gasteiger partial charge in [0.2, 0.25) is 5.91 Å². The molecule has 2 aromatic rings. The van der Waals surface area contributed by atoms with Gasteiger partial charge in [-0.15, -0.1) is 0 Å². The summed E-state index contributed by atoms with van der Waals surface area (Å²) in [5.41, 5.74) is 0.606. The number of pyridine rings is 1. The predicted octanol–water partition coefficient (Wildman–Crippen LogP) is 2.16. The van der Waals surface area contributed by atoms with Crippen LogP contribution in [0, 0.1) is 5.82 Å². The molecule has 0 atom stereocenters. The molecule has 0 bridgehead atoms. The predicted molar refractivity (Wildman–Crippen MR) is 124 cm³/mol. The van der Waals surface area contributed by atoms with Crippen LogP contribution in [0.2, 0.25) is 0 Å². The number of amides is 1. The van der Waals surface area contributed by atoms with Crippen LogP contribution < -0.4 is 15.5 Å². The molecule has 1 aliphatic heterocycles. The maximum Gasteiger partial charge on any atom is 0.224 e. The summed E-state index contributed by atoms with van der Waals surface area (Å²) in [4.78, 5) is 25.4. The van der Waals surface area contributed by atoms with Gasteiger partial charge in [-0.2, -0.15) is 0 Å². The van der Waals surface area contributed by atoms with Gasteiger partial charge in [-0.25, -0.2) is 9.37 Å². The second-order valence-corrected chi connectivity index (χ2v) is 8.42. The summed E-state index contributed by atoms with van der Waals surface area (Å²) in [6, 6.07) is 12.9. The molecule has 0 radical (unpaired) electrons. The van der Waals surface area contributed by atoms with E-state index < -0.39 is 0 Å². The minimum atomic E-state index is -0.161. The molecular weight excluding hydrogens is 407 g/mol. The van der Waals surface area contributed by atoms with Gasteiger partial charge in [0.15, 0.2) is 5.96 Å². The fraction of sp³-hybridized carbons (Fsp3) is 0.458. The first-order valence-corrected chi connectivity index (χ1v) is 11.2. The fourth-order valence-electron chi connectivity index (χ4n) is 4.23. The Hall–Kier alpha value is -3.16. The molecule has 0 unspecified atom stereocenters. The Morgan fingerprint density at radius 3 is 2.50 bits per heavy atom. The summed E-state index contributed by atoms with van der Waals surface area (Å²) < 4.78 is 14.2. The van der Waals surface area contributed by atoms with Crippen LogP contribution in [0.1, 0.15) is 24.8 Å². The number of hydrogen-bond donors (Lipinski definition) is 2. The molecule has 1 saturated carbocycles. The number of hydrogen-bond acceptors (Lipinski definition) is 4. The van der Waals surface area contributed by atoms with E-state index in [4.69, 9.17) is 0 Å². The molecule has 2 N–H and O–H groups in total. The maximum absolute atomic E-state index is 14.2. The van der Waals surface area contributed by atoms with Gasteiger partial charge in [-0.3, -0.25) is 9.79 Å². The number of nitrogens with one attached hydrogen (secondary N) is 2. The molecule has 8 heteroatoms. The van der Waals surface area contributed by atoms with E-state index >= 15 is 0 Å². The fourth-order valence-corrected chi connectivity index (χ4v) is 4.23. The lowest BCUT2D eigenvalue weighted by Crippen LogP contribution is -2.49. The topological polar surface area (TPSA) is 72.9 Å². The molecular formula is C24H31FN6O. The van der Waals surface area contributed by atoms with Crippen LogP contribution in [0.25, 0.3) is 0 Å². The number of aromatic nitrogens is 1. The van der Waals surface area contributed by atoms with Gasteiger partial charge in [0, 0.05) is 64.3 Å². The zero-order valence-corrected chi connectivity index (χ0v) is 18.6. The first-order valence-electron chi connectivity index (χ1n) is 11.2. The van der Waals surface area contributed by atoms with E-state index in [9.17, 15) is 9.18 Å². The van der Waals surface area contributed by atoms with Gasteiger partial charge in [0.05, 0.1) is 0 Å². The maximum atomic E-state index is 14.2. The number of aliphatic imine (C=N–C) groups is 1. The van der Waals surface area contributed by atoms with Gasteiger partial charge in [-0.1, -0.05) is 24.3 Å². The van der Waals surface area contributed by atoms with Gasteiger partial charge in [-0.05, 0) is 36.6 Å². The number of carbonyl (C=O) groups excluding carboxylic acids is 1. The van der Waals surface area contributed by atoms with Crippen LogP contribution in [0.5, 0.6) is 0 Å². The number of piperazine rings is 1. The third-order valence-electron chi connectivity index (χ3n) is 6.35. The molecule has 1 aromatic carbocycles. The van der Waals surface area contributed by atoms with Crippen LogP contribution in [0.4, 0.5) is 10.2 Å². The van der Waals surface area contributed by atoms with E-state index in [2.05, 4.69) is 25.5 Å². The molecule has 4 rings (SSSR count). The number of guanidine groups is 1. The summed E-state index contributed by atoms with van der Waals surface area (Å²) in [6.45, 7) is 4.11. The van der Waals surface area contributed by atoms with Crippen molar-refractivity contribution >= 4 is 17.7 Å². The molecule has 1 aliphatic carbocycles. The number of benzene rings is 1. The van der Waals surface area contributed by atoms with E-state index in [1.807, 2.05) is 35.2 Å². The van der Waals surface area contributed by atoms with Crippen LogP contribution in [-0.2, 0) is 10.2 Å². The number of halogens is 1. The van der Waals surface area contributed by atoms with E-state index in [1.54, 1.807) is 19.3 Å². The van der Waals surface area contributed by atoms with Crippen molar-refractivity contribution < 1.29 is 9.18 Å². The van der Waals surface area contributed by atoms with E-state index in [0.717, 1.165) is 37.3 Å². The molecule has 170 valence electrons. The minimum absolute atomic E-state index is 0.138. The number of rotatable bonds is 7. The highest BCUT2D eigenvalue weighted by Gasteiger charge is 2.45. The molecule has 2 fully saturated rings. The summed E-state index contributed by atoms with van der Waals surface area (Å²) in [5.74, 6) is 1.59. The Morgan fingerprint density at radius 2 is 1.84 bits per heavy atom. The van der Waals surface area contributed by atoms with E-state index in [0.29, 0.717) is 38.6 Å². The first kappa shape index (κ1) is 22.0. The normalized spacial score (nSPS) is 17.8. The van der Waals surface area contributed by atoms with Gasteiger partial charge < -0.3 is 20.4 Å². The summed E-state index contributed by atoms with van der Waals surface area (Å²) >= 11 is 0. The van der Waals surface area contributed by atoms with Crippen molar-refractivity contribution in [3.8, 4) is 0 Å². The van der Waals surface area contributed by atoms with Crippen molar-refractivity contribution in [2.75, 3.05) is 51.2 Å². The zero-order valence-electron chi connectivity index (χ0n) is 18.6. The molecule has 7 nitrogen and oxygen atoms in total. The summed E-state index contributed by atoms with van der Waals surface area (Å²) in [5, 5.41) is 6.53. The molecule has 2 heterocycles. The highest BCUT2D eigenvalue weighted by atomic mass is 19.1. The lowest BCUT2D eigenvalue weighted by molar-refractivity contribution is -0.131.